The number of ether oxygens (including phenoxy) is 1. The molecule has 0 atom stereocenters. The summed E-state index contributed by atoms with van der Waals surface area (Å²) in [6.07, 6.45) is 11.1. The van der Waals surface area contributed by atoms with E-state index in [1.165, 1.54) is 0 Å². The number of hydrogen-bond acceptors (Lipinski definition) is 11. The highest BCUT2D eigenvalue weighted by atomic mass is 16.5. The molecule has 3 aliphatic heterocycles. The van der Waals surface area contributed by atoms with Crippen molar-refractivity contribution in [2.24, 2.45) is 16.7 Å². The summed E-state index contributed by atoms with van der Waals surface area (Å²) < 4.78 is 8.67. The van der Waals surface area contributed by atoms with E-state index in [9.17, 15) is 19.6 Å². The van der Waals surface area contributed by atoms with Crippen LogP contribution in [0.15, 0.2) is 67.3 Å². The first-order valence-corrected chi connectivity index (χ1v) is 21.0. The van der Waals surface area contributed by atoms with Crippen molar-refractivity contribution in [2.45, 2.75) is 78.0 Å². The van der Waals surface area contributed by atoms with Crippen LogP contribution in [0.5, 0.6) is 5.75 Å². The van der Waals surface area contributed by atoms with Gasteiger partial charge in [-0.1, -0.05) is 27.7 Å². The van der Waals surface area contributed by atoms with Crippen molar-refractivity contribution in [1.29, 1.82) is 5.26 Å². The summed E-state index contributed by atoms with van der Waals surface area (Å²) in [5.41, 5.74) is 2.41. The van der Waals surface area contributed by atoms with Crippen LogP contribution in [0.4, 0.5) is 16.3 Å². The molecule has 0 unspecified atom stereocenters. The van der Waals surface area contributed by atoms with Crippen molar-refractivity contribution in [1.82, 2.24) is 40.3 Å². The second-order valence-corrected chi connectivity index (χ2v) is 17.9. The summed E-state index contributed by atoms with van der Waals surface area (Å²) in [7, 11) is 0. The third kappa shape index (κ3) is 7.06. The topological polar surface area (TPSA) is 174 Å². The Labute approximate surface area is 349 Å². The number of anilines is 2. The number of imide groups is 1. The smallest absolute Gasteiger partial charge is 0.328 e. The fraction of sp³-hybridized carbons (Fsp3) is 0.467. The molecule has 0 radical (unpaired) electrons. The summed E-state index contributed by atoms with van der Waals surface area (Å²) in [5.74, 6) is 1.77. The van der Waals surface area contributed by atoms with Gasteiger partial charge < -0.3 is 19.9 Å². The van der Waals surface area contributed by atoms with Gasteiger partial charge in [0.1, 0.15) is 23.7 Å². The van der Waals surface area contributed by atoms with E-state index in [0.29, 0.717) is 34.9 Å². The summed E-state index contributed by atoms with van der Waals surface area (Å²) in [6.45, 7) is 13.7. The fourth-order valence-corrected chi connectivity index (χ4v) is 10.5. The molecule has 0 bridgehead atoms. The molecule has 9 rings (SSSR count). The molecule has 7 heterocycles. The van der Waals surface area contributed by atoms with Crippen LogP contribution in [0.1, 0.15) is 81.8 Å². The largest absolute Gasteiger partial charge is 0.488 e. The lowest BCUT2D eigenvalue weighted by Crippen LogP contribution is -2.74. The molecule has 4 aromatic heterocycles. The Bertz CT molecular complexity index is 2480. The number of likely N-dealkylation sites (tertiary alicyclic amines) is 1. The van der Waals surface area contributed by atoms with Crippen LogP contribution in [0, 0.1) is 28.1 Å². The maximum Gasteiger partial charge on any atom is 0.328 e. The zero-order chi connectivity index (χ0) is 41.8. The Morgan fingerprint density at radius 3 is 2.40 bits per heavy atom. The van der Waals surface area contributed by atoms with Crippen LogP contribution >= 0.6 is 0 Å². The highest BCUT2D eigenvalue weighted by Gasteiger charge is 2.64. The second-order valence-electron chi connectivity index (χ2n) is 17.9. The predicted octanol–water partition coefficient (Wildman–Crippen LogP) is 5.86. The molecule has 4 fully saturated rings. The minimum absolute atomic E-state index is 0.143. The molecular formula is C45H51N11O4. The maximum absolute atomic E-state index is 13.6. The Balaban J connectivity index is 0.751. The number of nitrogens with zero attached hydrogens (tertiary/aromatic N) is 9. The average Bonchev–Trinajstić information content (AvgIpc) is 3.70. The Morgan fingerprint density at radius 1 is 0.900 bits per heavy atom. The van der Waals surface area contributed by atoms with Gasteiger partial charge in [-0.05, 0) is 74.1 Å². The van der Waals surface area contributed by atoms with Gasteiger partial charge in [0, 0.05) is 86.5 Å². The third-order valence-corrected chi connectivity index (χ3v) is 13.4. The number of benzene rings is 1. The minimum Gasteiger partial charge on any atom is -0.488 e. The van der Waals surface area contributed by atoms with E-state index in [4.69, 9.17) is 14.8 Å². The molecule has 310 valence electrons. The van der Waals surface area contributed by atoms with Gasteiger partial charge >= 0.3 is 6.03 Å². The lowest BCUT2D eigenvalue weighted by atomic mass is 9.49. The Morgan fingerprint density at radius 2 is 1.68 bits per heavy atom. The third-order valence-electron chi connectivity index (χ3n) is 13.4. The van der Waals surface area contributed by atoms with Gasteiger partial charge in [0.15, 0.2) is 5.65 Å². The van der Waals surface area contributed by atoms with E-state index in [1.807, 2.05) is 41.1 Å². The molecule has 15 heteroatoms. The van der Waals surface area contributed by atoms with Crippen LogP contribution in [0.25, 0.3) is 21.9 Å². The normalized spacial score (nSPS) is 22.3. The van der Waals surface area contributed by atoms with Crippen molar-refractivity contribution in [2.75, 3.05) is 49.1 Å². The molecule has 2 N–H and O–H groups in total. The number of nitriles is 1. The first-order valence-electron chi connectivity index (χ1n) is 21.0. The number of carbonyl (C=O) groups is 3. The van der Waals surface area contributed by atoms with Crippen LogP contribution in [0.2, 0.25) is 0 Å². The van der Waals surface area contributed by atoms with Crippen molar-refractivity contribution < 1.29 is 19.1 Å². The number of carbonyl (C=O) groups excluding carboxylic acids is 3. The van der Waals surface area contributed by atoms with E-state index in [1.54, 1.807) is 35.8 Å². The molecule has 4 amide bonds. The van der Waals surface area contributed by atoms with Crippen LogP contribution in [-0.4, -0.2) is 98.9 Å². The second kappa shape index (κ2) is 15.5. The molecule has 1 aliphatic carbocycles. The SMILES string of the molecule is CC1(C)C(NC(=O)c2ccc(N3CCC(CN4CCC(n5ncc6c(N7CCC(=O)NC7=O)ccnc65)CC4)CC3)nc2)C(C)(C)C1Oc1ccc(C#N)c2ncccc12. The molecule has 0 spiro atoms. The van der Waals surface area contributed by atoms with Crippen molar-refractivity contribution >= 4 is 51.3 Å². The first-order chi connectivity index (χ1) is 28.9. The molecule has 1 aromatic carbocycles. The molecule has 3 saturated heterocycles. The monoisotopic (exact) mass is 809 g/mol. The maximum atomic E-state index is 13.6. The van der Waals surface area contributed by atoms with Gasteiger partial charge in [0.2, 0.25) is 5.91 Å². The van der Waals surface area contributed by atoms with E-state index in [0.717, 1.165) is 86.3 Å². The molecule has 60 heavy (non-hydrogen) atoms. The summed E-state index contributed by atoms with van der Waals surface area (Å²) in [4.78, 5) is 58.2. The number of hydrogen-bond donors (Lipinski definition) is 2. The van der Waals surface area contributed by atoms with Gasteiger partial charge in [-0.15, -0.1) is 0 Å². The van der Waals surface area contributed by atoms with E-state index in [-0.39, 0.29) is 47.3 Å². The highest BCUT2D eigenvalue weighted by molar-refractivity contribution is 6.09. The Kier molecular flexibility index (Phi) is 10.1. The molecule has 5 aromatic rings. The predicted molar refractivity (Wildman–Crippen MR) is 227 cm³/mol. The van der Waals surface area contributed by atoms with Crippen molar-refractivity contribution in [3.8, 4) is 11.8 Å². The average molecular weight is 810 g/mol. The molecule has 4 aliphatic rings. The number of rotatable bonds is 9. The van der Waals surface area contributed by atoms with Crippen molar-refractivity contribution in [3.63, 3.8) is 0 Å². The number of piperidine rings is 2. The van der Waals surface area contributed by atoms with Gasteiger partial charge in [0.05, 0.1) is 40.0 Å². The molecule has 1 saturated carbocycles. The van der Waals surface area contributed by atoms with Crippen LogP contribution in [-0.2, 0) is 4.79 Å². The first kappa shape index (κ1) is 39.3. The number of amides is 4. The lowest BCUT2D eigenvalue weighted by Gasteiger charge is -2.63. The van der Waals surface area contributed by atoms with E-state index in [2.05, 4.69) is 64.2 Å². The van der Waals surface area contributed by atoms with Gasteiger partial charge in [-0.25, -0.2) is 19.4 Å². The fourth-order valence-electron chi connectivity index (χ4n) is 10.5. The summed E-state index contributed by atoms with van der Waals surface area (Å²) in [6, 6.07) is 14.9. The van der Waals surface area contributed by atoms with E-state index < -0.39 is 6.03 Å². The van der Waals surface area contributed by atoms with Crippen molar-refractivity contribution in [3.05, 3.63) is 78.4 Å². The zero-order valence-electron chi connectivity index (χ0n) is 34.6. The molecule has 15 nitrogen and oxygen atoms in total. The summed E-state index contributed by atoms with van der Waals surface area (Å²) in [5, 5.41) is 21.6. The zero-order valence-corrected chi connectivity index (χ0v) is 34.6. The van der Waals surface area contributed by atoms with Gasteiger partial charge in [-0.3, -0.25) is 24.8 Å². The number of pyridine rings is 3. The number of nitrogens with one attached hydrogen (secondary N) is 2. The quantitative estimate of drug-likeness (QED) is 0.183. The van der Waals surface area contributed by atoms with E-state index >= 15 is 0 Å². The lowest BCUT2D eigenvalue weighted by molar-refractivity contribution is -0.163. The van der Waals surface area contributed by atoms with Crippen LogP contribution in [0.3, 0.4) is 0 Å². The minimum atomic E-state index is -0.408. The number of aromatic nitrogens is 5. The van der Waals surface area contributed by atoms with Crippen LogP contribution < -0.4 is 25.2 Å². The Hall–Kier alpha value is -6.14. The number of fused-ring (bicyclic) bond motifs is 2. The summed E-state index contributed by atoms with van der Waals surface area (Å²) >= 11 is 0. The van der Waals surface area contributed by atoms with Gasteiger partial charge in [-0.2, -0.15) is 10.4 Å². The highest BCUT2D eigenvalue weighted by Crippen LogP contribution is 2.56. The molecular weight excluding hydrogens is 759 g/mol. The number of urea groups is 1. The standard InChI is InChI=1S/C45H51N11O4/c1-44(2)41(45(3,4)42(44)60-35-9-7-29(24-46)38-32(35)6-5-17-47-38)52-40(58)30-8-10-36(49-25-30)54-21-12-28(13-22-54)27-53-19-14-31(15-20-53)56-39-33(26-50-56)34(11-18-48-39)55-23-16-37(57)51-43(55)59/h5-11,17-18,25-26,28,31,41-42H,12-16,19-23,27H2,1-4H3,(H,52,58)(H,51,57,59). The van der Waals surface area contributed by atoms with Gasteiger partial charge in [0.25, 0.3) is 5.91 Å².